The summed E-state index contributed by atoms with van der Waals surface area (Å²) in [4.78, 5) is 12.4. The standard InChI is InChI=1S/C38H44NO4P/c1-41-35-29-31(30-36(42-2)38(35)43-3)25-26-37(40)39-27-17-6-4-5-7-18-28-44(32-19-11-8-12-20-32,33-21-13-9-14-22-33)34-23-15-10-16-24-34/h8-16,19-26,29-30H,4-7,17-18,27-28H2,1-3H3/p+1/b26-25+. The van der Waals surface area contributed by atoms with Gasteiger partial charge in [-0.15, -0.1) is 0 Å². The van der Waals surface area contributed by atoms with Gasteiger partial charge >= 0.3 is 0 Å². The van der Waals surface area contributed by atoms with Crippen LogP contribution in [0.1, 0.15) is 44.1 Å². The molecule has 4 rings (SSSR count). The molecule has 0 atom stereocenters. The van der Waals surface area contributed by atoms with Crippen LogP contribution in [0.25, 0.3) is 6.08 Å². The largest absolute Gasteiger partial charge is 0.493 e. The first-order chi connectivity index (χ1) is 21.6. The molecule has 0 aliphatic heterocycles. The molecule has 1 amide bonds. The van der Waals surface area contributed by atoms with Crippen LogP contribution >= 0.6 is 7.26 Å². The van der Waals surface area contributed by atoms with Crippen LogP contribution in [0.4, 0.5) is 0 Å². The minimum atomic E-state index is -1.75. The summed E-state index contributed by atoms with van der Waals surface area (Å²) in [5.74, 6) is 1.53. The molecule has 4 aromatic carbocycles. The van der Waals surface area contributed by atoms with Gasteiger partial charge in [-0.2, -0.15) is 0 Å². The predicted molar refractivity (Wildman–Crippen MR) is 186 cm³/mol. The first kappa shape index (κ1) is 32.8. The van der Waals surface area contributed by atoms with Crippen molar-refractivity contribution in [2.45, 2.75) is 38.5 Å². The lowest BCUT2D eigenvalue weighted by Crippen LogP contribution is -2.33. The van der Waals surface area contributed by atoms with E-state index in [1.807, 2.05) is 12.1 Å². The molecule has 0 aromatic heterocycles. The lowest BCUT2D eigenvalue weighted by atomic mass is 10.1. The van der Waals surface area contributed by atoms with Crippen molar-refractivity contribution in [3.63, 3.8) is 0 Å². The number of methoxy groups -OCH3 is 3. The molecule has 0 saturated heterocycles. The van der Waals surface area contributed by atoms with Gasteiger partial charge in [0.15, 0.2) is 11.5 Å². The number of carbonyl (C=O) groups excluding carboxylic acids is 1. The summed E-state index contributed by atoms with van der Waals surface area (Å²) >= 11 is 0. The second-order valence-electron chi connectivity index (χ2n) is 10.7. The van der Waals surface area contributed by atoms with Crippen LogP contribution in [0.15, 0.2) is 109 Å². The summed E-state index contributed by atoms with van der Waals surface area (Å²) in [6.07, 6.45) is 11.3. The molecule has 1 N–H and O–H groups in total. The third-order valence-electron chi connectivity index (χ3n) is 7.92. The summed E-state index contributed by atoms with van der Waals surface area (Å²) in [5.41, 5.74) is 0.799. The molecular weight excluding hydrogens is 565 g/mol. The number of carbonyl (C=O) groups is 1. The highest BCUT2D eigenvalue weighted by Gasteiger charge is 2.44. The maximum Gasteiger partial charge on any atom is 0.243 e. The van der Waals surface area contributed by atoms with Gasteiger partial charge in [0.1, 0.15) is 23.2 Å². The number of hydrogen-bond acceptors (Lipinski definition) is 4. The van der Waals surface area contributed by atoms with Crippen molar-refractivity contribution in [2.24, 2.45) is 0 Å². The highest BCUT2D eigenvalue weighted by atomic mass is 31.2. The Morgan fingerprint density at radius 1 is 0.636 bits per heavy atom. The van der Waals surface area contributed by atoms with E-state index in [9.17, 15) is 4.79 Å². The fraction of sp³-hybridized carbons (Fsp3) is 0.289. The fourth-order valence-corrected chi connectivity index (χ4v) is 10.1. The van der Waals surface area contributed by atoms with Gasteiger partial charge in [0, 0.05) is 12.6 Å². The Bertz CT molecular complexity index is 1340. The molecule has 0 aliphatic rings. The quantitative estimate of drug-likeness (QED) is 0.0782. The summed E-state index contributed by atoms with van der Waals surface area (Å²) in [5, 5.41) is 7.35. The monoisotopic (exact) mass is 610 g/mol. The van der Waals surface area contributed by atoms with Crippen molar-refractivity contribution in [3.8, 4) is 17.2 Å². The van der Waals surface area contributed by atoms with Gasteiger partial charge in [-0.25, -0.2) is 0 Å². The predicted octanol–water partition coefficient (Wildman–Crippen LogP) is 7.18. The van der Waals surface area contributed by atoms with Crippen LogP contribution in [0, 0.1) is 0 Å². The van der Waals surface area contributed by atoms with Gasteiger partial charge in [-0.1, -0.05) is 73.9 Å². The molecule has 0 spiro atoms. The molecule has 0 unspecified atom stereocenters. The van der Waals surface area contributed by atoms with Gasteiger partial charge in [-0.05, 0) is 79.4 Å². The third kappa shape index (κ3) is 8.51. The number of amides is 1. The summed E-state index contributed by atoms with van der Waals surface area (Å²) in [7, 11) is 2.97. The number of unbranched alkanes of at least 4 members (excludes halogenated alkanes) is 5. The Kier molecular flexibility index (Phi) is 12.9. The van der Waals surface area contributed by atoms with Crippen molar-refractivity contribution in [2.75, 3.05) is 34.0 Å². The molecule has 6 heteroatoms. The Hall–Kier alpha value is -4.08. The number of ether oxygens (including phenoxy) is 3. The van der Waals surface area contributed by atoms with E-state index in [-0.39, 0.29) is 5.91 Å². The van der Waals surface area contributed by atoms with E-state index in [0.717, 1.165) is 18.4 Å². The van der Waals surface area contributed by atoms with E-state index in [1.165, 1.54) is 47.8 Å². The van der Waals surface area contributed by atoms with Crippen LogP contribution in [-0.4, -0.2) is 39.9 Å². The molecular formula is C38H45NO4P+. The lowest BCUT2D eigenvalue weighted by Gasteiger charge is -2.27. The van der Waals surface area contributed by atoms with E-state index >= 15 is 0 Å². The second kappa shape index (κ2) is 17.3. The van der Waals surface area contributed by atoms with Crippen LogP contribution in [0.2, 0.25) is 0 Å². The maximum absolute atomic E-state index is 12.4. The minimum Gasteiger partial charge on any atom is -0.493 e. The topological polar surface area (TPSA) is 56.8 Å². The molecule has 5 nitrogen and oxygen atoms in total. The molecule has 0 radical (unpaired) electrons. The van der Waals surface area contributed by atoms with Crippen molar-refractivity contribution in [1.82, 2.24) is 5.32 Å². The van der Waals surface area contributed by atoms with Gasteiger partial charge in [0.05, 0.1) is 27.5 Å². The molecule has 44 heavy (non-hydrogen) atoms. The average Bonchev–Trinajstić information content (AvgIpc) is 3.09. The van der Waals surface area contributed by atoms with E-state index in [4.69, 9.17) is 14.2 Å². The van der Waals surface area contributed by atoms with Gasteiger partial charge in [0.25, 0.3) is 0 Å². The summed E-state index contributed by atoms with van der Waals surface area (Å²) in [6, 6.07) is 37.0. The van der Waals surface area contributed by atoms with E-state index < -0.39 is 7.26 Å². The van der Waals surface area contributed by atoms with Crippen LogP contribution < -0.4 is 35.4 Å². The summed E-state index contributed by atoms with van der Waals surface area (Å²) < 4.78 is 16.1. The van der Waals surface area contributed by atoms with Crippen LogP contribution in [0.3, 0.4) is 0 Å². The van der Waals surface area contributed by atoms with Crippen molar-refractivity contribution in [3.05, 3.63) is 115 Å². The Balaban J connectivity index is 1.24. The van der Waals surface area contributed by atoms with Crippen LogP contribution in [0.5, 0.6) is 17.2 Å². The normalized spacial score (nSPS) is 11.3. The van der Waals surface area contributed by atoms with E-state index in [1.54, 1.807) is 33.5 Å². The second-order valence-corrected chi connectivity index (χ2v) is 14.4. The minimum absolute atomic E-state index is 0.109. The number of rotatable bonds is 17. The Morgan fingerprint density at radius 3 is 1.55 bits per heavy atom. The van der Waals surface area contributed by atoms with E-state index in [2.05, 4.69) is 96.3 Å². The molecule has 230 valence electrons. The van der Waals surface area contributed by atoms with Gasteiger partial charge in [-0.3, -0.25) is 4.79 Å². The van der Waals surface area contributed by atoms with Gasteiger partial charge in [0.2, 0.25) is 11.7 Å². The van der Waals surface area contributed by atoms with Crippen molar-refractivity contribution < 1.29 is 19.0 Å². The highest BCUT2D eigenvalue weighted by Crippen LogP contribution is 2.56. The third-order valence-corrected chi connectivity index (χ3v) is 12.5. The zero-order chi connectivity index (χ0) is 31.0. The zero-order valence-corrected chi connectivity index (χ0v) is 27.1. The number of nitrogens with one attached hydrogen (secondary N) is 1. The van der Waals surface area contributed by atoms with Crippen molar-refractivity contribution in [1.29, 1.82) is 0 Å². The maximum atomic E-state index is 12.4. The molecule has 0 saturated carbocycles. The zero-order valence-electron chi connectivity index (χ0n) is 26.2. The van der Waals surface area contributed by atoms with Crippen LogP contribution in [-0.2, 0) is 4.79 Å². The average molecular weight is 611 g/mol. The molecule has 0 fully saturated rings. The SMILES string of the molecule is COc1cc(/C=C/C(=O)NCCCCCCCC[P+](c2ccccc2)(c2ccccc2)c2ccccc2)cc(OC)c1OC. The molecule has 0 aliphatic carbocycles. The summed E-state index contributed by atoms with van der Waals surface area (Å²) in [6.45, 7) is 0.670. The van der Waals surface area contributed by atoms with E-state index in [0.29, 0.717) is 23.8 Å². The Morgan fingerprint density at radius 2 is 1.09 bits per heavy atom. The molecule has 4 aromatic rings. The lowest BCUT2D eigenvalue weighted by molar-refractivity contribution is -0.116. The number of hydrogen-bond donors (Lipinski definition) is 1. The molecule has 0 bridgehead atoms. The first-order valence-corrected chi connectivity index (χ1v) is 17.4. The fourth-order valence-electron chi connectivity index (χ4n) is 5.70. The molecule has 0 heterocycles. The smallest absolute Gasteiger partial charge is 0.243 e. The number of benzene rings is 4. The Labute approximate surface area is 263 Å². The van der Waals surface area contributed by atoms with Gasteiger partial charge < -0.3 is 19.5 Å². The highest BCUT2D eigenvalue weighted by molar-refractivity contribution is 7.95. The van der Waals surface area contributed by atoms with Crippen molar-refractivity contribution >= 4 is 35.2 Å². The first-order valence-electron chi connectivity index (χ1n) is 15.4.